The monoisotopic (exact) mass is 263 g/mol. The van der Waals surface area contributed by atoms with Gasteiger partial charge in [0.1, 0.15) is 0 Å². The lowest BCUT2D eigenvalue weighted by Gasteiger charge is -2.33. The van der Waals surface area contributed by atoms with Crippen LogP contribution < -0.4 is 5.32 Å². The van der Waals surface area contributed by atoms with Crippen LogP contribution in [0.2, 0.25) is 0 Å². The zero-order valence-corrected chi connectivity index (χ0v) is 11.4. The Morgan fingerprint density at radius 3 is 2.95 bits per heavy atom. The van der Waals surface area contributed by atoms with Crippen LogP contribution in [0.5, 0.6) is 0 Å². The van der Waals surface area contributed by atoms with Crippen molar-refractivity contribution >= 4 is 11.7 Å². The number of nitrogens with one attached hydrogen (secondary N) is 1. The van der Waals surface area contributed by atoms with Crippen LogP contribution in [-0.4, -0.2) is 29.8 Å². The molecule has 19 heavy (non-hydrogen) atoms. The smallest absolute Gasteiger partial charge is 0.335 e. The summed E-state index contributed by atoms with van der Waals surface area (Å²) in [6, 6.07) is 7.32. The maximum atomic E-state index is 10.9. The first-order valence-electron chi connectivity index (χ1n) is 6.77. The predicted octanol–water partition coefficient (Wildman–Crippen LogP) is 3.00. The summed E-state index contributed by atoms with van der Waals surface area (Å²) in [6.45, 7) is 5.09. The second-order valence-corrected chi connectivity index (χ2v) is 5.40. The average Bonchev–Trinajstić information content (AvgIpc) is 2.39. The highest BCUT2D eigenvalue weighted by Gasteiger charge is 2.24. The van der Waals surface area contributed by atoms with Crippen molar-refractivity contribution in [3.05, 3.63) is 29.8 Å². The molecule has 104 valence electrons. The van der Waals surface area contributed by atoms with Crippen molar-refractivity contribution in [2.75, 3.05) is 11.9 Å². The first-order valence-corrected chi connectivity index (χ1v) is 6.77. The van der Waals surface area contributed by atoms with Crippen LogP contribution in [-0.2, 0) is 4.74 Å². The molecule has 1 aromatic rings. The number of aromatic carboxylic acids is 1. The summed E-state index contributed by atoms with van der Waals surface area (Å²) < 4.78 is 5.74. The molecule has 1 fully saturated rings. The van der Waals surface area contributed by atoms with Gasteiger partial charge in [-0.1, -0.05) is 19.9 Å². The minimum atomic E-state index is -0.893. The predicted molar refractivity (Wildman–Crippen MR) is 74.6 cm³/mol. The minimum Gasteiger partial charge on any atom is -0.478 e. The Morgan fingerprint density at radius 2 is 2.26 bits per heavy atom. The number of rotatable bonds is 4. The molecule has 0 aliphatic carbocycles. The molecule has 1 aromatic carbocycles. The molecule has 1 heterocycles. The molecule has 2 N–H and O–H groups in total. The highest BCUT2D eigenvalue weighted by molar-refractivity contribution is 5.88. The fraction of sp³-hybridized carbons (Fsp3) is 0.533. The summed E-state index contributed by atoms with van der Waals surface area (Å²) in [7, 11) is 0. The van der Waals surface area contributed by atoms with Gasteiger partial charge >= 0.3 is 5.97 Å². The molecule has 4 heteroatoms. The van der Waals surface area contributed by atoms with E-state index in [-0.39, 0.29) is 6.10 Å². The number of carboxylic acid groups (broad SMARTS) is 1. The summed E-state index contributed by atoms with van der Waals surface area (Å²) >= 11 is 0. The van der Waals surface area contributed by atoms with E-state index in [4.69, 9.17) is 9.84 Å². The van der Waals surface area contributed by atoms with E-state index in [1.165, 1.54) is 0 Å². The van der Waals surface area contributed by atoms with E-state index in [0.717, 1.165) is 25.1 Å². The van der Waals surface area contributed by atoms with E-state index in [1.807, 2.05) is 6.07 Å². The minimum absolute atomic E-state index is 0.286. The summed E-state index contributed by atoms with van der Waals surface area (Å²) in [6.07, 6.45) is 2.21. The van der Waals surface area contributed by atoms with Gasteiger partial charge in [-0.3, -0.25) is 0 Å². The molecular formula is C15H21NO3. The van der Waals surface area contributed by atoms with Gasteiger partial charge in [-0.25, -0.2) is 4.79 Å². The van der Waals surface area contributed by atoms with Crippen molar-refractivity contribution < 1.29 is 14.6 Å². The number of hydrogen-bond donors (Lipinski definition) is 2. The van der Waals surface area contributed by atoms with Gasteiger partial charge in [-0.15, -0.1) is 0 Å². The van der Waals surface area contributed by atoms with E-state index in [0.29, 0.717) is 17.5 Å². The van der Waals surface area contributed by atoms with Gasteiger partial charge in [-0.05, 0) is 37.0 Å². The lowest BCUT2D eigenvalue weighted by atomic mass is 9.95. The SMILES string of the molecule is CC(C)C1CC(Nc2cccc(C(=O)O)c2)CCO1. The van der Waals surface area contributed by atoms with Crippen molar-refractivity contribution in [1.29, 1.82) is 0 Å². The van der Waals surface area contributed by atoms with E-state index in [1.54, 1.807) is 18.2 Å². The molecule has 0 amide bonds. The zero-order chi connectivity index (χ0) is 13.8. The second kappa shape index (κ2) is 6.06. The van der Waals surface area contributed by atoms with E-state index in [2.05, 4.69) is 19.2 Å². The van der Waals surface area contributed by atoms with E-state index in [9.17, 15) is 4.79 Å². The van der Waals surface area contributed by atoms with Crippen molar-refractivity contribution in [3.8, 4) is 0 Å². The van der Waals surface area contributed by atoms with Gasteiger partial charge < -0.3 is 15.2 Å². The highest BCUT2D eigenvalue weighted by atomic mass is 16.5. The van der Waals surface area contributed by atoms with Crippen LogP contribution in [0.4, 0.5) is 5.69 Å². The third kappa shape index (κ3) is 3.70. The fourth-order valence-electron chi connectivity index (χ4n) is 2.40. The first kappa shape index (κ1) is 13.9. The van der Waals surface area contributed by atoms with Gasteiger partial charge in [0, 0.05) is 18.3 Å². The topological polar surface area (TPSA) is 58.6 Å². The number of hydrogen-bond acceptors (Lipinski definition) is 3. The Labute approximate surface area is 113 Å². The van der Waals surface area contributed by atoms with Crippen LogP contribution in [0.15, 0.2) is 24.3 Å². The maximum absolute atomic E-state index is 10.9. The normalized spacial score (nSPS) is 23.3. The molecule has 0 bridgehead atoms. The highest BCUT2D eigenvalue weighted by Crippen LogP contribution is 2.23. The summed E-state index contributed by atoms with van der Waals surface area (Å²) in [5.74, 6) is -0.384. The van der Waals surface area contributed by atoms with Crippen molar-refractivity contribution in [2.24, 2.45) is 5.92 Å². The fourth-order valence-corrected chi connectivity index (χ4v) is 2.40. The van der Waals surface area contributed by atoms with Crippen LogP contribution in [0, 0.1) is 5.92 Å². The lowest BCUT2D eigenvalue weighted by Crippen LogP contribution is -2.36. The Balaban J connectivity index is 2.00. The molecule has 4 nitrogen and oxygen atoms in total. The molecular weight excluding hydrogens is 242 g/mol. The number of benzene rings is 1. The van der Waals surface area contributed by atoms with Gasteiger partial charge in [0.05, 0.1) is 11.7 Å². The molecule has 0 aromatic heterocycles. The quantitative estimate of drug-likeness (QED) is 0.876. The van der Waals surface area contributed by atoms with Crippen molar-refractivity contribution in [3.63, 3.8) is 0 Å². The largest absolute Gasteiger partial charge is 0.478 e. The van der Waals surface area contributed by atoms with Crippen LogP contribution in [0.3, 0.4) is 0 Å². The van der Waals surface area contributed by atoms with Crippen molar-refractivity contribution in [2.45, 2.75) is 38.8 Å². The Hall–Kier alpha value is -1.55. The van der Waals surface area contributed by atoms with Gasteiger partial charge in [0.2, 0.25) is 0 Å². The van der Waals surface area contributed by atoms with Crippen LogP contribution in [0.25, 0.3) is 0 Å². The zero-order valence-electron chi connectivity index (χ0n) is 11.4. The van der Waals surface area contributed by atoms with Crippen LogP contribution >= 0.6 is 0 Å². The number of carboxylic acids is 1. The average molecular weight is 263 g/mol. The summed E-state index contributed by atoms with van der Waals surface area (Å²) in [5, 5.41) is 12.4. The van der Waals surface area contributed by atoms with Gasteiger partial charge in [0.15, 0.2) is 0 Å². The Kier molecular flexibility index (Phi) is 4.43. The lowest BCUT2D eigenvalue weighted by molar-refractivity contribution is -0.0160. The number of carbonyl (C=O) groups is 1. The molecule has 1 aliphatic heterocycles. The molecule has 0 saturated carbocycles. The second-order valence-electron chi connectivity index (χ2n) is 5.40. The Bertz CT molecular complexity index is 445. The Morgan fingerprint density at radius 1 is 1.47 bits per heavy atom. The summed E-state index contributed by atoms with van der Waals surface area (Å²) in [4.78, 5) is 10.9. The number of anilines is 1. The third-order valence-electron chi connectivity index (χ3n) is 3.54. The molecule has 1 saturated heterocycles. The standard InChI is InChI=1S/C15H21NO3/c1-10(2)14-9-13(6-7-19-14)16-12-5-3-4-11(8-12)15(17)18/h3-5,8,10,13-14,16H,6-7,9H2,1-2H3,(H,17,18). The molecule has 2 atom stereocenters. The van der Waals surface area contributed by atoms with Gasteiger partial charge in [0.25, 0.3) is 0 Å². The first-order chi connectivity index (χ1) is 9.06. The number of ether oxygens (including phenoxy) is 1. The van der Waals surface area contributed by atoms with Crippen LogP contribution in [0.1, 0.15) is 37.0 Å². The summed E-state index contributed by atoms with van der Waals surface area (Å²) in [5.41, 5.74) is 1.19. The molecule has 0 spiro atoms. The molecule has 2 rings (SSSR count). The van der Waals surface area contributed by atoms with E-state index < -0.39 is 5.97 Å². The van der Waals surface area contributed by atoms with E-state index >= 15 is 0 Å². The third-order valence-corrected chi connectivity index (χ3v) is 3.54. The molecule has 1 aliphatic rings. The maximum Gasteiger partial charge on any atom is 0.335 e. The molecule has 2 unspecified atom stereocenters. The van der Waals surface area contributed by atoms with Gasteiger partial charge in [-0.2, -0.15) is 0 Å². The molecule has 0 radical (unpaired) electrons. The van der Waals surface area contributed by atoms with Crippen molar-refractivity contribution in [1.82, 2.24) is 0 Å².